The lowest BCUT2D eigenvalue weighted by atomic mass is 10.2. The number of para-hydroxylation sites is 1. The van der Waals surface area contributed by atoms with E-state index in [2.05, 4.69) is 31.9 Å². The molecule has 1 aromatic heterocycles. The van der Waals surface area contributed by atoms with E-state index in [1.165, 1.54) is 0 Å². The monoisotopic (exact) mass is 724 g/mol. The van der Waals surface area contributed by atoms with Crippen molar-refractivity contribution in [3.8, 4) is 0 Å². The van der Waals surface area contributed by atoms with E-state index in [-0.39, 0.29) is 29.1 Å². The third-order valence-electron chi connectivity index (χ3n) is 4.52. The zero-order chi connectivity index (χ0) is 31.7. The quantitative estimate of drug-likeness (QED) is 0.128. The SMILES string of the molecule is O=C(O)C=Cc1ccc(Br)cc1.O=C(O)CCl.O=C(O)Cc1ccc(Br)cc1.O=C(O)c1cc(=O)c2ccccc2o1. The van der Waals surface area contributed by atoms with Gasteiger partial charge in [-0.2, -0.15) is 0 Å². The summed E-state index contributed by atoms with van der Waals surface area (Å²) in [5, 5.41) is 33.4. The largest absolute Gasteiger partial charge is 0.481 e. The maximum atomic E-state index is 11.4. The lowest BCUT2D eigenvalue weighted by Crippen LogP contribution is -2.05. The van der Waals surface area contributed by atoms with Crippen molar-refractivity contribution in [3.63, 3.8) is 0 Å². The summed E-state index contributed by atoms with van der Waals surface area (Å²) >= 11 is 11.3. The molecule has 0 radical (unpaired) electrons. The van der Waals surface area contributed by atoms with Gasteiger partial charge in [0.2, 0.25) is 5.76 Å². The summed E-state index contributed by atoms with van der Waals surface area (Å²) in [5.41, 5.74) is 1.64. The second-order valence-electron chi connectivity index (χ2n) is 7.72. The molecule has 1 heterocycles. The summed E-state index contributed by atoms with van der Waals surface area (Å²) in [6.07, 6.45) is 2.76. The summed E-state index contributed by atoms with van der Waals surface area (Å²) in [7, 11) is 0. The highest BCUT2D eigenvalue weighted by atomic mass is 79.9. The van der Waals surface area contributed by atoms with Crippen LogP contribution in [0.1, 0.15) is 21.7 Å². The molecule has 0 aliphatic heterocycles. The van der Waals surface area contributed by atoms with Crippen LogP contribution >= 0.6 is 43.5 Å². The number of aromatic carboxylic acids is 1. The fourth-order valence-electron chi connectivity index (χ4n) is 2.73. The molecule has 13 heteroatoms. The van der Waals surface area contributed by atoms with Crippen LogP contribution in [0.3, 0.4) is 0 Å². The first kappa shape index (κ1) is 35.8. The van der Waals surface area contributed by atoms with E-state index in [1.54, 1.807) is 42.5 Å². The number of carbonyl (C=O) groups is 4. The Morgan fingerprint density at radius 2 is 1.31 bits per heavy atom. The summed E-state index contributed by atoms with van der Waals surface area (Å²) in [5.74, 6) is -4.60. The van der Waals surface area contributed by atoms with Crippen molar-refractivity contribution in [1.29, 1.82) is 0 Å². The number of carboxylic acids is 4. The number of hydrogen-bond acceptors (Lipinski definition) is 6. The number of carboxylic acid groups (broad SMARTS) is 4. The van der Waals surface area contributed by atoms with E-state index >= 15 is 0 Å². The molecule has 42 heavy (non-hydrogen) atoms. The molecule has 4 rings (SSSR count). The fraction of sp³-hybridized carbons (Fsp3) is 0.0690. The normalized spacial score (nSPS) is 9.79. The maximum absolute atomic E-state index is 11.4. The maximum Gasteiger partial charge on any atom is 0.371 e. The average molecular weight is 727 g/mol. The van der Waals surface area contributed by atoms with Crippen molar-refractivity contribution in [2.24, 2.45) is 0 Å². The second-order valence-corrected chi connectivity index (χ2v) is 9.82. The van der Waals surface area contributed by atoms with E-state index < -0.39 is 23.9 Å². The number of fused-ring (bicyclic) bond motifs is 1. The van der Waals surface area contributed by atoms with E-state index in [4.69, 9.17) is 36.4 Å². The summed E-state index contributed by atoms with van der Waals surface area (Å²) < 4.78 is 6.95. The van der Waals surface area contributed by atoms with Gasteiger partial charge in [-0.3, -0.25) is 14.4 Å². The molecule has 220 valence electrons. The first-order chi connectivity index (χ1) is 19.8. The summed E-state index contributed by atoms with van der Waals surface area (Å²) in [4.78, 5) is 51.6. The Morgan fingerprint density at radius 1 is 0.786 bits per heavy atom. The summed E-state index contributed by atoms with van der Waals surface area (Å²) in [6, 6.07) is 22.1. The number of halogens is 3. The van der Waals surface area contributed by atoms with Crippen molar-refractivity contribution in [1.82, 2.24) is 0 Å². The minimum absolute atomic E-state index is 0.0906. The zero-order valence-corrected chi connectivity index (χ0v) is 25.4. The molecule has 0 aliphatic carbocycles. The van der Waals surface area contributed by atoms with Crippen LogP contribution in [0.25, 0.3) is 17.0 Å². The number of rotatable bonds is 6. The van der Waals surface area contributed by atoms with Crippen molar-refractivity contribution >= 4 is 84.4 Å². The highest BCUT2D eigenvalue weighted by Gasteiger charge is 2.09. The van der Waals surface area contributed by atoms with E-state index in [0.29, 0.717) is 5.39 Å². The Morgan fingerprint density at radius 3 is 1.79 bits per heavy atom. The molecule has 4 N–H and O–H groups in total. The van der Waals surface area contributed by atoms with Crippen LogP contribution in [0.15, 0.2) is 103 Å². The van der Waals surface area contributed by atoms with Crippen LogP contribution in [0.5, 0.6) is 0 Å². The Hall–Kier alpha value is -4.26. The van der Waals surface area contributed by atoms with Crippen molar-refractivity contribution in [3.05, 3.63) is 121 Å². The highest BCUT2D eigenvalue weighted by molar-refractivity contribution is 9.10. The summed E-state index contributed by atoms with van der Waals surface area (Å²) in [6.45, 7) is 0. The smallest absolute Gasteiger partial charge is 0.371 e. The lowest BCUT2D eigenvalue weighted by molar-refractivity contribution is -0.136. The van der Waals surface area contributed by atoms with Gasteiger partial charge in [0.15, 0.2) is 5.43 Å². The van der Waals surface area contributed by atoms with Gasteiger partial charge >= 0.3 is 23.9 Å². The van der Waals surface area contributed by atoms with Crippen LogP contribution in [0.2, 0.25) is 0 Å². The molecule has 0 fully saturated rings. The lowest BCUT2D eigenvalue weighted by Gasteiger charge is -1.97. The standard InChI is InChI=1S/C10H6O4.C9H7BrO2.C8H7BrO2.C2H3ClO2/c11-7-5-9(10(12)13)14-8-4-2-1-3-6(7)8;10-8-4-1-7(2-5-8)3-6-9(11)12;9-7-3-1-6(2-4-7)5-8(10)11;3-1-2(4)5/h1-5H,(H,12,13);1-6H,(H,11,12);1-4H,5H2,(H,10,11);1H2,(H,4,5). The Balaban J connectivity index is 0.000000294. The number of alkyl halides is 1. The fourth-order valence-corrected chi connectivity index (χ4v) is 3.26. The van der Waals surface area contributed by atoms with Crippen LogP contribution in [0.4, 0.5) is 0 Å². The molecular weight excluding hydrogens is 704 g/mol. The van der Waals surface area contributed by atoms with Gasteiger partial charge in [-0.1, -0.05) is 68.3 Å². The van der Waals surface area contributed by atoms with E-state index in [9.17, 15) is 24.0 Å². The molecule has 0 atom stereocenters. The molecule has 0 aliphatic rings. The number of hydrogen-bond donors (Lipinski definition) is 4. The zero-order valence-electron chi connectivity index (χ0n) is 21.4. The highest BCUT2D eigenvalue weighted by Crippen LogP contribution is 2.12. The van der Waals surface area contributed by atoms with Crippen molar-refractivity contribution in [2.75, 3.05) is 5.88 Å². The number of aliphatic carboxylic acids is 3. The topological polar surface area (TPSA) is 179 Å². The predicted molar refractivity (Wildman–Crippen MR) is 164 cm³/mol. The average Bonchev–Trinajstić information content (AvgIpc) is 2.94. The van der Waals surface area contributed by atoms with Crippen LogP contribution in [-0.2, 0) is 20.8 Å². The van der Waals surface area contributed by atoms with E-state index in [1.807, 2.05) is 36.4 Å². The van der Waals surface area contributed by atoms with Crippen molar-refractivity contribution < 1.29 is 44.0 Å². The first-order valence-corrected chi connectivity index (χ1v) is 13.6. The third kappa shape index (κ3) is 14.9. The molecule has 0 saturated carbocycles. The molecule has 0 amide bonds. The molecule has 0 saturated heterocycles. The van der Waals surface area contributed by atoms with Crippen molar-refractivity contribution in [2.45, 2.75) is 6.42 Å². The van der Waals surface area contributed by atoms with E-state index in [0.717, 1.165) is 32.2 Å². The third-order valence-corrected chi connectivity index (χ3v) is 5.80. The molecule has 0 unspecified atom stereocenters. The Kier molecular flexibility index (Phi) is 16.2. The van der Waals surface area contributed by atoms with Gasteiger partial charge in [0.25, 0.3) is 0 Å². The molecule has 0 spiro atoms. The Bertz CT molecular complexity index is 1580. The Labute approximate surface area is 260 Å². The number of benzene rings is 3. The van der Waals surface area contributed by atoms with Gasteiger partial charge in [0.05, 0.1) is 11.8 Å². The van der Waals surface area contributed by atoms with Gasteiger partial charge in [-0.25, -0.2) is 9.59 Å². The first-order valence-electron chi connectivity index (χ1n) is 11.5. The van der Waals surface area contributed by atoms with Crippen LogP contribution in [0, 0.1) is 0 Å². The molecule has 4 aromatic rings. The molecular formula is C29H23Br2ClO10. The van der Waals surface area contributed by atoms with Crippen LogP contribution < -0.4 is 5.43 Å². The minimum atomic E-state index is -1.24. The minimum Gasteiger partial charge on any atom is -0.481 e. The molecule has 10 nitrogen and oxygen atoms in total. The van der Waals surface area contributed by atoms with Gasteiger partial charge < -0.3 is 24.8 Å². The van der Waals surface area contributed by atoms with Gasteiger partial charge in [-0.05, 0) is 53.6 Å². The second kappa shape index (κ2) is 19.0. The van der Waals surface area contributed by atoms with Crippen LogP contribution in [-0.4, -0.2) is 50.2 Å². The predicted octanol–water partition coefficient (Wildman–Crippen LogP) is 6.42. The van der Waals surface area contributed by atoms with Gasteiger partial charge in [0, 0.05) is 21.1 Å². The van der Waals surface area contributed by atoms with Gasteiger partial charge in [0.1, 0.15) is 11.5 Å². The van der Waals surface area contributed by atoms with Gasteiger partial charge in [-0.15, -0.1) is 11.6 Å². The molecule has 3 aromatic carbocycles. The molecule has 0 bridgehead atoms.